The van der Waals surface area contributed by atoms with E-state index in [9.17, 15) is 44.4 Å². The third-order valence-electron chi connectivity index (χ3n) is 5.35. The van der Waals surface area contributed by atoms with E-state index < -0.39 is 78.0 Å². The van der Waals surface area contributed by atoms with Crippen molar-refractivity contribution in [1.82, 2.24) is 31.8 Å². The molecule has 2 aromatic rings. The van der Waals surface area contributed by atoms with E-state index in [1.807, 2.05) is 0 Å². The van der Waals surface area contributed by atoms with Crippen LogP contribution in [0.25, 0.3) is 11.2 Å². The molecule has 0 spiro atoms. The maximum Gasteiger partial charge on any atom is 0.481 e. The fourth-order valence-corrected chi connectivity index (χ4v) is 5.62. The Hall–Kier alpha value is -1.75. The molecule has 2 aliphatic rings. The van der Waals surface area contributed by atoms with Crippen LogP contribution in [0.3, 0.4) is 0 Å². The van der Waals surface area contributed by atoms with Gasteiger partial charge >= 0.3 is 15.6 Å². The number of fused-ring (bicyclic) bond motifs is 1. The first-order chi connectivity index (χ1) is 16.8. The number of hydrogen-bond donors (Lipinski definition) is 10. The van der Waals surface area contributed by atoms with Gasteiger partial charge in [0.05, 0.1) is 19.5 Å². The predicted molar refractivity (Wildman–Crippen MR) is 121 cm³/mol. The number of phosphoric acid groups is 2. The molecule has 0 bridgehead atoms. The van der Waals surface area contributed by atoms with E-state index in [2.05, 4.69) is 28.3 Å². The third kappa shape index (κ3) is 6.69. The number of aliphatic hydroxyl groups is 5. The highest BCUT2D eigenvalue weighted by atomic mass is 31.3. The lowest BCUT2D eigenvalue weighted by atomic mass is 10.1. The van der Waals surface area contributed by atoms with Gasteiger partial charge in [0.1, 0.15) is 48.5 Å². The van der Waals surface area contributed by atoms with Gasteiger partial charge in [0.25, 0.3) is 0 Å². The Bertz CT molecular complexity index is 1190. The number of aromatic nitrogens is 4. The van der Waals surface area contributed by atoms with Crippen LogP contribution in [0.5, 0.6) is 0 Å². The van der Waals surface area contributed by atoms with Gasteiger partial charge in [-0.05, 0) is 0 Å². The Morgan fingerprint density at radius 1 is 0.868 bits per heavy atom. The molecule has 2 aromatic heterocycles. The molecule has 0 radical (unpaired) electrons. The molecule has 0 aromatic carbocycles. The maximum atomic E-state index is 12.2. The Balaban J connectivity index is 0.00000253. The molecule has 2 fully saturated rings. The van der Waals surface area contributed by atoms with Crippen molar-refractivity contribution in [1.29, 1.82) is 0 Å². The molecule has 0 saturated carbocycles. The molecule has 0 aliphatic carbocycles. The minimum Gasteiger partial charge on any atom is -0.387 e. The smallest absolute Gasteiger partial charge is 0.387 e. The zero-order valence-electron chi connectivity index (χ0n) is 19.4. The quantitative estimate of drug-likeness (QED) is 0.130. The summed E-state index contributed by atoms with van der Waals surface area (Å²) in [4.78, 5) is 31.3. The van der Waals surface area contributed by atoms with E-state index in [-0.39, 0.29) is 29.3 Å². The normalized spacial score (nSPS) is 34.3. The number of rotatable bonds is 9. The van der Waals surface area contributed by atoms with Gasteiger partial charge in [-0.25, -0.2) is 24.1 Å². The van der Waals surface area contributed by atoms with Crippen molar-refractivity contribution in [2.45, 2.75) is 49.1 Å². The molecule has 4 heterocycles. The summed E-state index contributed by atoms with van der Waals surface area (Å²) >= 11 is 0. The highest BCUT2D eigenvalue weighted by Crippen LogP contribution is 2.60. The molecule has 2 aliphatic heterocycles. The van der Waals surface area contributed by atoms with Gasteiger partial charge in [0.15, 0.2) is 24.0 Å². The number of nitrogens with zero attached hydrogens (tertiary/aromatic N) is 4. The van der Waals surface area contributed by atoms with E-state index in [0.29, 0.717) is 0 Å². The molecule has 10 atom stereocenters. The van der Waals surface area contributed by atoms with Crippen LogP contribution in [0.4, 0.5) is 5.82 Å². The fourth-order valence-electron chi connectivity index (χ4n) is 3.53. The van der Waals surface area contributed by atoms with Crippen LogP contribution >= 0.6 is 15.6 Å². The number of nitrogens with two attached hydrogens (primary N) is 1. The average molecular weight is 593 g/mol. The Kier molecular flexibility index (Phi) is 10.4. The van der Waals surface area contributed by atoms with Crippen LogP contribution in [0, 0.1) is 0 Å². The number of hydrogen-bond acceptors (Lipinski definition) is 18. The summed E-state index contributed by atoms with van der Waals surface area (Å²) in [7, 11) is -10.6. The van der Waals surface area contributed by atoms with Crippen LogP contribution in [-0.4, -0.2) is 111 Å². The van der Waals surface area contributed by atoms with Crippen molar-refractivity contribution >= 4 is 32.6 Å². The van der Waals surface area contributed by atoms with Crippen molar-refractivity contribution in [2.24, 2.45) is 0 Å². The van der Waals surface area contributed by atoms with Gasteiger partial charge in [-0.15, -0.1) is 0 Å². The standard InChI is InChI=1S/C15H23N5O14P2.2H3N/c16-12-7-13(18-3-17-12)20(4-19-7)14-10(23)8(21)5(32-14)1-30-35(26,27)34-36(28,29)31-2-6-9(22)11(24)15(25)33-6;;/h3-6,8-11,14-15,21-25H,1-2H2,(H,26,27)(H,28,29)(H2,16,17,18);2*1H3/t5-,6-,8-,9-,10-,11-,14-,15?;;/m1../s1. The van der Waals surface area contributed by atoms with Gasteiger partial charge in [-0.3, -0.25) is 13.6 Å². The monoisotopic (exact) mass is 593 g/mol. The molecular formula is C15H29N7O14P2. The van der Waals surface area contributed by atoms with E-state index >= 15 is 0 Å². The first-order valence-electron chi connectivity index (χ1n) is 10.1. The topological polar surface area (TPSA) is 362 Å². The second-order valence-electron chi connectivity index (χ2n) is 7.79. The zero-order valence-corrected chi connectivity index (χ0v) is 21.1. The number of nitrogen functional groups attached to an aromatic ring is 1. The van der Waals surface area contributed by atoms with Crippen LogP contribution < -0.4 is 18.0 Å². The van der Waals surface area contributed by atoms with Crippen molar-refractivity contribution in [3.05, 3.63) is 12.7 Å². The molecule has 3 unspecified atom stereocenters. The molecule has 15 N–H and O–H groups in total. The minimum atomic E-state index is -5.31. The molecule has 23 heteroatoms. The van der Waals surface area contributed by atoms with Crippen LogP contribution in [0.2, 0.25) is 0 Å². The van der Waals surface area contributed by atoms with Crippen LogP contribution in [0.15, 0.2) is 12.7 Å². The van der Waals surface area contributed by atoms with Crippen LogP contribution in [0.1, 0.15) is 6.23 Å². The SMILES string of the molecule is N.N.Nc1ncnc2c1ncn2[C@@H]1O[C@H](COP(=O)(O)OP(=O)(O)OC[C@H]2OC(O)[C@H](O)[C@@H]2O)[C@@H](O)[C@H]1O. The summed E-state index contributed by atoms with van der Waals surface area (Å²) in [5.41, 5.74) is 6.09. The zero-order chi connectivity index (χ0) is 26.4. The van der Waals surface area contributed by atoms with Crippen molar-refractivity contribution in [2.75, 3.05) is 18.9 Å². The largest absolute Gasteiger partial charge is 0.481 e. The molecule has 21 nitrogen and oxygen atoms in total. The van der Waals surface area contributed by atoms with E-state index in [0.717, 1.165) is 6.33 Å². The number of imidazole rings is 1. The number of anilines is 1. The lowest BCUT2D eigenvalue weighted by molar-refractivity contribution is -0.132. The summed E-state index contributed by atoms with van der Waals surface area (Å²) in [6.07, 6.45) is -10.1. The summed E-state index contributed by atoms with van der Waals surface area (Å²) in [6.45, 7) is -1.79. The molecular weight excluding hydrogens is 564 g/mol. The highest BCUT2D eigenvalue weighted by Gasteiger charge is 2.47. The predicted octanol–water partition coefficient (Wildman–Crippen LogP) is -2.96. The molecule has 0 amide bonds. The maximum absolute atomic E-state index is 12.2. The Morgan fingerprint density at radius 3 is 1.97 bits per heavy atom. The lowest BCUT2D eigenvalue weighted by Gasteiger charge is -2.20. The Labute approximate surface area is 213 Å². The van der Waals surface area contributed by atoms with E-state index in [1.165, 1.54) is 10.9 Å². The van der Waals surface area contributed by atoms with E-state index in [1.54, 1.807) is 0 Å². The van der Waals surface area contributed by atoms with Gasteiger partial charge in [0, 0.05) is 0 Å². The lowest BCUT2D eigenvalue weighted by Crippen LogP contribution is -2.34. The van der Waals surface area contributed by atoms with Crippen LogP contribution in [-0.2, 0) is 32.0 Å². The van der Waals surface area contributed by atoms with E-state index in [4.69, 9.17) is 15.2 Å². The van der Waals surface area contributed by atoms with Crippen molar-refractivity contribution < 1.29 is 67.3 Å². The number of ether oxygens (including phenoxy) is 2. The second kappa shape index (κ2) is 12.2. The first-order valence-corrected chi connectivity index (χ1v) is 13.1. The molecule has 218 valence electrons. The van der Waals surface area contributed by atoms with Crippen molar-refractivity contribution in [3.8, 4) is 0 Å². The third-order valence-corrected chi connectivity index (χ3v) is 7.95. The van der Waals surface area contributed by atoms with Gasteiger partial charge < -0.3 is 62.8 Å². The molecule has 2 saturated heterocycles. The minimum absolute atomic E-state index is 0. The molecule has 38 heavy (non-hydrogen) atoms. The van der Waals surface area contributed by atoms with Gasteiger partial charge in [0.2, 0.25) is 0 Å². The van der Waals surface area contributed by atoms with Crippen molar-refractivity contribution in [3.63, 3.8) is 0 Å². The van der Waals surface area contributed by atoms with Gasteiger partial charge in [-0.2, -0.15) is 4.31 Å². The van der Waals surface area contributed by atoms with Gasteiger partial charge in [-0.1, -0.05) is 0 Å². The number of aliphatic hydroxyl groups excluding tert-OH is 5. The number of phosphoric ester groups is 2. The summed E-state index contributed by atoms with van der Waals surface area (Å²) in [6, 6.07) is 0. The molecule has 4 rings (SSSR count). The highest BCUT2D eigenvalue weighted by molar-refractivity contribution is 7.61. The summed E-state index contributed by atoms with van der Waals surface area (Å²) in [5.74, 6) is 0.0575. The fraction of sp³-hybridized carbons (Fsp3) is 0.667. The second-order valence-corrected chi connectivity index (χ2v) is 10.8. The summed E-state index contributed by atoms with van der Waals surface area (Å²) < 4.78 is 48.8. The Morgan fingerprint density at radius 2 is 1.42 bits per heavy atom. The first kappa shape index (κ1) is 32.5. The average Bonchev–Trinajstić information content (AvgIpc) is 3.42. The summed E-state index contributed by atoms with van der Waals surface area (Å²) in [5, 5.41) is 49.0.